The summed E-state index contributed by atoms with van der Waals surface area (Å²) in [5.41, 5.74) is 6.39. The Hall–Kier alpha value is -6.36. The second-order valence-corrected chi connectivity index (χ2v) is 15.0. The molecule has 0 bridgehead atoms. The lowest BCUT2D eigenvalue weighted by Crippen LogP contribution is -2.53. The van der Waals surface area contributed by atoms with Gasteiger partial charge in [-0.2, -0.15) is 0 Å². The van der Waals surface area contributed by atoms with Crippen molar-refractivity contribution < 1.29 is 33.8 Å². The lowest BCUT2D eigenvalue weighted by Gasteiger charge is -2.29. The van der Waals surface area contributed by atoms with Crippen molar-refractivity contribution in [3.63, 3.8) is 0 Å². The summed E-state index contributed by atoms with van der Waals surface area (Å²) in [6.07, 6.45) is 5.68. The molecule has 304 valence electrons. The highest BCUT2D eigenvalue weighted by atomic mass is 16.5. The number of aliphatic hydroxyl groups is 1. The molecule has 0 radical (unpaired) electrons. The maximum absolute atomic E-state index is 13.6. The molecule has 58 heavy (non-hydrogen) atoms. The topological polar surface area (TPSA) is 221 Å². The number of rotatable bonds is 11. The molecular weight excluding hydrogens is 745 g/mol. The van der Waals surface area contributed by atoms with Gasteiger partial charge in [0.05, 0.1) is 79.1 Å². The standard InChI is InChI=1S/C41H48N10O7/c1-22(2)34(48-40(55)57-4)38(53)51-17-7-9-33(51)37-45-27-15-14-26(18-28(27)46-37)30-20-42-29(19-43-30)24-10-12-25(13-11-24)31-21-44-36(47-31)32-8-6-16-50(32)39(54)35(23(3)52)49-41(56)58-5/h10-15,18-23,32-35,52H,6-9,16-17H2,1-5H3,(H,44,47)(H,45,46)(H,48,55)(H,49,56). The van der Waals surface area contributed by atoms with E-state index in [1.165, 1.54) is 21.1 Å². The monoisotopic (exact) mass is 792 g/mol. The van der Waals surface area contributed by atoms with E-state index in [0.717, 1.165) is 52.7 Å². The lowest BCUT2D eigenvalue weighted by atomic mass is 10.0. The molecule has 0 spiro atoms. The van der Waals surface area contributed by atoms with Crippen LogP contribution in [0.25, 0.3) is 44.8 Å². The number of carbonyl (C=O) groups is 4. The van der Waals surface area contributed by atoms with E-state index in [1.54, 1.807) is 28.4 Å². The average Bonchev–Trinajstić information content (AvgIpc) is 4.07. The highest BCUT2D eigenvalue weighted by molar-refractivity contribution is 5.88. The van der Waals surface area contributed by atoms with E-state index in [4.69, 9.17) is 19.7 Å². The zero-order chi connectivity index (χ0) is 41.1. The lowest BCUT2D eigenvalue weighted by molar-refractivity contribution is -0.137. The number of ether oxygens (including phenoxy) is 2. The van der Waals surface area contributed by atoms with Gasteiger partial charge in [0.15, 0.2) is 0 Å². The Morgan fingerprint density at radius 2 is 1.28 bits per heavy atom. The van der Waals surface area contributed by atoms with Crippen LogP contribution in [0.5, 0.6) is 0 Å². The van der Waals surface area contributed by atoms with Gasteiger partial charge >= 0.3 is 12.2 Å². The van der Waals surface area contributed by atoms with E-state index in [9.17, 15) is 24.3 Å². The Balaban J connectivity index is 1.02. The van der Waals surface area contributed by atoms with Crippen molar-refractivity contribution in [1.82, 2.24) is 50.3 Å². The summed E-state index contributed by atoms with van der Waals surface area (Å²) >= 11 is 0. The molecule has 5 N–H and O–H groups in total. The minimum absolute atomic E-state index is 0.124. The second-order valence-electron chi connectivity index (χ2n) is 15.0. The SMILES string of the molecule is COC(=O)NC(C(=O)N1CCCC1c1nc2ccc(-c3cnc(-c4ccc(-c5cnc(C6CCCN6C(=O)C(NC(=O)OC)C(C)O)[nH]5)cc4)cn3)cc2[nH]1)C(C)C. The number of aromatic amines is 2. The third kappa shape index (κ3) is 8.20. The Kier molecular flexibility index (Phi) is 11.7. The van der Waals surface area contributed by atoms with Gasteiger partial charge in [0.2, 0.25) is 11.8 Å². The predicted octanol–water partition coefficient (Wildman–Crippen LogP) is 4.89. The fourth-order valence-corrected chi connectivity index (χ4v) is 7.71. The molecule has 17 heteroatoms. The highest BCUT2D eigenvalue weighted by Crippen LogP contribution is 2.35. The summed E-state index contributed by atoms with van der Waals surface area (Å²) < 4.78 is 9.40. The quantitative estimate of drug-likeness (QED) is 0.121. The number of carbonyl (C=O) groups excluding carboxylic acids is 4. The Labute approximate surface area is 335 Å². The summed E-state index contributed by atoms with van der Waals surface area (Å²) in [7, 11) is 2.48. The smallest absolute Gasteiger partial charge is 0.407 e. The van der Waals surface area contributed by atoms with Crippen molar-refractivity contribution >= 4 is 35.0 Å². The van der Waals surface area contributed by atoms with Crippen molar-refractivity contribution in [2.75, 3.05) is 27.3 Å². The minimum Gasteiger partial charge on any atom is -0.453 e. The number of nitrogens with zero attached hydrogens (tertiary/aromatic N) is 6. The van der Waals surface area contributed by atoms with Crippen LogP contribution >= 0.6 is 0 Å². The first-order valence-corrected chi connectivity index (χ1v) is 19.4. The van der Waals surface area contributed by atoms with Crippen LogP contribution in [0.1, 0.15) is 70.2 Å². The normalized spacial score (nSPS) is 18.3. The van der Waals surface area contributed by atoms with Crippen molar-refractivity contribution in [1.29, 1.82) is 0 Å². The van der Waals surface area contributed by atoms with Gasteiger partial charge in [0, 0.05) is 24.2 Å². The molecule has 5 aromatic rings. The van der Waals surface area contributed by atoms with Gasteiger partial charge in [-0.05, 0) is 56.2 Å². The van der Waals surface area contributed by atoms with Gasteiger partial charge in [-0.1, -0.05) is 44.2 Å². The number of amides is 4. The number of alkyl carbamates (subject to hydrolysis) is 2. The molecule has 4 amide bonds. The summed E-state index contributed by atoms with van der Waals surface area (Å²) in [6, 6.07) is 11.3. The number of methoxy groups -OCH3 is 2. The van der Waals surface area contributed by atoms with Crippen LogP contribution in [0.15, 0.2) is 61.1 Å². The molecule has 17 nitrogen and oxygen atoms in total. The van der Waals surface area contributed by atoms with Crippen molar-refractivity contribution in [3.8, 4) is 33.8 Å². The minimum atomic E-state index is -1.14. The predicted molar refractivity (Wildman–Crippen MR) is 213 cm³/mol. The largest absolute Gasteiger partial charge is 0.453 e. The molecular formula is C41H48N10O7. The number of hydrogen-bond donors (Lipinski definition) is 5. The molecule has 2 aliphatic rings. The maximum atomic E-state index is 13.6. The molecule has 5 heterocycles. The number of aromatic nitrogens is 6. The Bertz CT molecular complexity index is 2270. The Morgan fingerprint density at radius 3 is 1.86 bits per heavy atom. The number of likely N-dealkylation sites (tertiary alicyclic amines) is 2. The molecule has 7 rings (SSSR count). The first kappa shape index (κ1) is 39.9. The molecule has 2 aliphatic heterocycles. The average molecular weight is 793 g/mol. The maximum Gasteiger partial charge on any atom is 0.407 e. The Morgan fingerprint density at radius 1 is 0.724 bits per heavy atom. The summed E-state index contributed by atoms with van der Waals surface area (Å²) in [4.78, 5) is 79.9. The van der Waals surface area contributed by atoms with E-state index in [2.05, 4.69) is 30.3 Å². The van der Waals surface area contributed by atoms with E-state index < -0.39 is 36.3 Å². The molecule has 2 fully saturated rings. The van der Waals surface area contributed by atoms with Crippen LogP contribution < -0.4 is 10.6 Å². The number of nitrogens with one attached hydrogen (secondary N) is 4. The zero-order valence-electron chi connectivity index (χ0n) is 33.1. The van der Waals surface area contributed by atoms with Crippen LogP contribution in [0.2, 0.25) is 0 Å². The summed E-state index contributed by atoms with van der Waals surface area (Å²) in [5.74, 6) is 0.634. The van der Waals surface area contributed by atoms with Crippen molar-refractivity contribution in [3.05, 3.63) is 72.7 Å². The van der Waals surface area contributed by atoms with Crippen LogP contribution in [-0.4, -0.2) is 114 Å². The third-order valence-electron chi connectivity index (χ3n) is 10.8. The number of imidazole rings is 2. The number of fused-ring (bicyclic) bond motifs is 1. The van der Waals surface area contributed by atoms with Gasteiger partial charge in [-0.25, -0.2) is 19.6 Å². The first-order valence-electron chi connectivity index (χ1n) is 19.4. The molecule has 2 saturated heterocycles. The fourth-order valence-electron chi connectivity index (χ4n) is 7.71. The summed E-state index contributed by atoms with van der Waals surface area (Å²) in [5, 5.41) is 15.4. The van der Waals surface area contributed by atoms with Gasteiger partial charge in [-0.3, -0.25) is 19.6 Å². The number of benzene rings is 2. The van der Waals surface area contributed by atoms with Crippen LogP contribution in [0.4, 0.5) is 9.59 Å². The molecule has 2 aromatic carbocycles. The summed E-state index contributed by atoms with van der Waals surface area (Å²) in [6.45, 7) is 6.27. The molecule has 5 atom stereocenters. The second kappa shape index (κ2) is 17.0. The van der Waals surface area contributed by atoms with E-state index in [1.807, 2.05) is 56.3 Å². The fraction of sp³-hybridized carbons (Fsp3) is 0.415. The highest BCUT2D eigenvalue weighted by Gasteiger charge is 2.39. The van der Waals surface area contributed by atoms with Gasteiger partial charge in [0.1, 0.15) is 23.7 Å². The molecule has 3 aromatic heterocycles. The molecule has 0 aliphatic carbocycles. The van der Waals surface area contributed by atoms with Crippen molar-refractivity contribution in [2.24, 2.45) is 5.92 Å². The van der Waals surface area contributed by atoms with Crippen molar-refractivity contribution in [2.45, 2.75) is 76.7 Å². The van der Waals surface area contributed by atoms with E-state index in [-0.39, 0.29) is 23.9 Å². The van der Waals surface area contributed by atoms with Crippen LogP contribution in [-0.2, 0) is 19.1 Å². The number of aliphatic hydroxyl groups excluding tert-OH is 1. The van der Waals surface area contributed by atoms with E-state index >= 15 is 0 Å². The number of hydrogen-bond acceptors (Lipinski definition) is 11. The van der Waals surface area contributed by atoms with Gasteiger partial charge in [0.25, 0.3) is 0 Å². The molecule has 5 unspecified atom stereocenters. The van der Waals surface area contributed by atoms with Crippen LogP contribution in [0.3, 0.4) is 0 Å². The van der Waals surface area contributed by atoms with Gasteiger partial charge in [-0.15, -0.1) is 0 Å². The first-order chi connectivity index (χ1) is 27.9. The van der Waals surface area contributed by atoms with Crippen LogP contribution in [0, 0.1) is 5.92 Å². The molecule has 0 saturated carbocycles. The zero-order valence-corrected chi connectivity index (χ0v) is 33.1. The third-order valence-corrected chi connectivity index (χ3v) is 10.8. The number of H-pyrrole nitrogens is 2. The van der Waals surface area contributed by atoms with E-state index in [0.29, 0.717) is 42.5 Å². The van der Waals surface area contributed by atoms with Gasteiger partial charge < -0.3 is 45.0 Å².